The SMILES string of the molecule is CCNC(=O)Cc1ccc(NCc2cnn(C)c2)cc1. The summed E-state index contributed by atoms with van der Waals surface area (Å²) >= 11 is 0. The number of hydrogen-bond acceptors (Lipinski definition) is 3. The molecule has 0 spiro atoms. The molecule has 0 radical (unpaired) electrons. The standard InChI is InChI=1S/C15H20N4O/c1-3-16-15(20)8-12-4-6-14(7-5-12)17-9-13-10-18-19(2)11-13/h4-7,10-11,17H,3,8-9H2,1-2H3,(H,16,20). The maximum Gasteiger partial charge on any atom is 0.224 e. The number of hydrogen-bond donors (Lipinski definition) is 2. The summed E-state index contributed by atoms with van der Waals surface area (Å²) in [7, 11) is 1.90. The van der Waals surface area contributed by atoms with Crippen LogP contribution in [0.15, 0.2) is 36.7 Å². The van der Waals surface area contributed by atoms with Crippen LogP contribution >= 0.6 is 0 Å². The van der Waals surface area contributed by atoms with E-state index in [2.05, 4.69) is 15.7 Å². The molecule has 0 aliphatic carbocycles. The number of nitrogens with one attached hydrogen (secondary N) is 2. The van der Waals surface area contributed by atoms with E-state index in [9.17, 15) is 4.79 Å². The van der Waals surface area contributed by atoms with Gasteiger partial charge in [-0.1, -0.05) is 12.1 Å². The Bertz CT molecular complexity index is 560. The molecule has 2 aromatic rings. The van der Waals surface area contributed by atoms with Crippen LogP contribution in [-0.2, 0) is 24.8 Å². The molecule has 0 unspecified atom stereocenters. The van der Waals surface area contributed by atoms with E-state index in [1.807, 2.05) is 50.6 Å². The summed E-state index contributed by atoms with van der Waals surface area (Å²) in [6.07, 6.45) is 4.25. The molecule has 1 heterocycles. The van der Waals surface area contributed by atoms with Crippen LogP contribution < -0.4 is 10.6 Å². The Morgan fingerprint density at radius 2 is 2.00 bits per heavy atom. The first kappa shape index (κ1) is 14.1. The van der Waals surface area contributed by atoms with E-state index < -0.39 is 0 Å². The molecule has 106 valence electrons. The van der Waals surface area contributed by atoms with Crippen molar-refractivity contribution in [3.8, 4) is 0 Å². The largest absolute Gasteiger partial charge is 0.381 e. The maximum absolute atomic E-state index is 11.5. The smallest absolute Gasteiger partial charge is 0.224 e. The van der Waals surface area contributed by atoms with Gasteiger partial charge in [0.25, 0.3) is 0 Å². The minimum absolute atomic E-state index is 0.0589. The first-order valence-corrected chi connectivity index (χ1v) is 6.74. The van der Waals surface area contributed by atoms with Gasteiger partial charge in [0, 0.05) is 37.6 Å². The molecule has 2 N–H and O–H groups in total. The van der Waals surface area contributed by atoms with Crippen LogP contribution in [0.4, 0.5) is 5.69 Å². The Labute approximate surface area is 119 Å². The third-order valence-electron chi connectivity index (χ3n) is 2.95. The lowest BCUT2D eigenvalue weighted by Crippen LogP contribution is -2.24. The van der Waals surface area contributed by atoms with Crippen LogP contribution in [-0.4, -0.2) is 22.2 Å². The zero-order valence-corrected chi connectivity index (χ0v) is 11.9. The highest BCUT2D eigenvalue weighted by atomic mass is 16.1. The number of aromatic nitrogens is 2. The van der Waals surface area contributed by atoms with Gasteiger partial charge in [0.2, 0.25) is 5.91 Å². The zero-order chi connectivity index (χ0) is 14.4. The molecular formula is C15H20N4O. The number of rotatable bonds is 6. The van der Waals surface area contributed by atoms with Crippen molar-refractivity contribution < 1.29 is 4.79 Å². The van der Waals surface area contributed by atoms with Crippen molar-refractivity contribution in [1.82, 2.24) is 15.1 Å². The molecular weight excluding hydrogens is 252 g/mol. The fraction of sp³-hybridized carbons (Fsp3) is 0.333. The predicted molar refractivity (Wildman–Crippen MR) is 79.4 cm³/mol. The fourth-order valence-electron chi connectivity index (χ4n) is 1.95. The van der Waals surface area contributed by atoms with Crippen molar-refractivity contribution in [1.29, 1.82) is 0 Å². The molecule has 20 heavy (non-hydrogen) atoms. The highest BCUT2D eigenvalue weighted by molar-refractivity contribution is 5.78. The second-order valence-corrected chi connectivity index (χ2v) is 4.70. The third kappa shape index (κ3) is 4.12. The van der Waals surface area contributed by atoms with Crippen molar-refractivity contribution in [2.24, 2.45) is 7.05 Å². The normalized spacial score (nSPS) is 10.3. The second-order valence-electron chi connectivity index (χ2n) is 4.70. The fourth-order valence-corrected chi connectivity index (χ4v) is 1.95. The van der Waals surface area contributed by atoms with Crippen LogP contribution in [0.3, 0.4) is 0 Å². The van der Waals surface area contributed by atoms with Crippen molar-refractivity contribution in [3.05, 3.63) is 47.8 Å². The lowest BCUT2D eigenvalue weighted by Gasteiger charge is -2.06. The average molecular weight is 272 g/mol. The Morgan fingerprint density at radius 3 is 2.60 bits per heavy atom. The number of benzene rings is 1. The Hall–Kier alpha value is -2.30. The molecule has 0 fully saturated rings. The number of aryl methyl sites for hydroxylation is 1. The van der Waals surface area contributed by atoms with Crippen molar-refractivity contribution >= 4 is 11.6 Å². The van der Waals surface area contributed by atoms with Gasteiger partial charge >= 0.3 is 0 Å². The van der Waals surface area contributed by atoms with E-state index in [1.54, 1.807) is 4.68 Å². The van der Waals surface area contributed by atoms with Gasteiger partial charge in [-0.05, 0) is 24.6 Å². The molecule has 0 saturated carbocycles. The van der Waals surface area contributed by atoms with Gasteiger partial charge in [0.05, 0.1) is 12.6 Å². The summed E-state index contributed by atoms with van der Waals surface area (Å²) in [6, 6.07) is 7.93. The van der Waals surface area contributed by atoms with Gasteiger partial charge in [-0.15, -0.1) is 0 Å². The van der Waals surface area contributed by atoms with Gasteiger partial charge in [0.15, 0.2) is 0 Å². The second kappa shape index (κ2) is 6.75. The Kier molecular flexibility index (Phi) is 4.76. The van der Waals surface area contributed by atoms with Gasteiger partial charge in [-0.2, -0.15) is 5.10 Å². The zero-order valence-electron chi connectivity index (χ0n) is 11.9. The molecule has 0 saturated heterocycles. The van der Waals surface area contributed by atoms with E-state index in [0.717, 1.165) is 23.4 Å². The highest BCUT2D eigenvalue weighted by Crippen LogP contribution is 2.11. The number of carbonyl (C=O) groups is 1. The molecule has 1 aromatic heterocycles. The maximum atomic E-state index is 11.5. The van der Waals surface area contributed by atoms with Gasteiger partial charge in [0.1, 0.15) is 0 Å². The van der Waals surface area contributed by atoms with Crippen molar-refractivity contribution in [2.45, 2.75) is 19.9 Å². The van der Waals surface area contributed by atoms with Crippen molar-refractivity contribution in [2.75, 3.05) is 11.9 Å². The average Bonchev–Trinajstić information content (AvgIpc) is 2.84. The summed E-state index contributed by atoms with van der Waals surface area (Å²) < 4.78 is 1.78. The molecule has 0 aliphatic rings. The summed E-state index contributed by atoms with van der Waals surface area (Å²) in [5.74, 6) is 0.0589. The summed E-state index contributed by atoms with van der Waals surface area (Å²) in [6.45, 7) is 3.33. The quantitative estimate of drug-likeness (QED) is 0.841. The minimum atomic E-state index is 0.0589. The van der Waals surface area contributed by atoms with Crippen LogP contribution in [0, 0.1) is 0 Å². The highest BCUT2D eigenvalue weighted by Gasteiger charge is 2.02. The molecule has 1 aromatic carbocycles. The Balaban J connectivity index is 1.86. The van der Waals surface area contributed by atoms with E-state index in [4.69, 9.17) is 0 Å². The lowest BCUT2D eigenvalue weighted by molar-refractivity contribution is -0.120. The molecule has 0 bridgehead atoms. The van der Waals surface area contributed by atoms with Crippen molar-refractivity contribution in [3.63, 3.8) is 0 Å². The van der Waals surface area contributed by atoms with Crippen LogP contribution in [0.25, 0.3) is 0 Å². The summed E-state index contributed by atoms with van der Waals surface area (Å²) in [5, 5.41) is 10.2. The lowest BCUT2D eigenvalue weighted by atomic mass is 10.1. The van der Waals surface area contributed by atoms with Gasteiger partial charge in [-0.25, -0.2) is 0 Å². The molecule has 0 aliphatic heterocycles. The topological polar surface area (TPSA) is 59.0 Å². The molecule has 5 nitrogen and oxygen atoms in total. The number of carbonyl (C=O) groups excluding carboxylic acids is 1. The van der Waals surface area contributed by atoms with E-state index in [1.165, 1.54) is 0 Å². The van der Waals surface area contributed by atoms with Crippen LogP contribution in [0.2, 0.25) is 0 Å². The van der Waals surface area contributed by atoms with E-state index in [0.29, 0.717) is 13.0 Å². The summed E-state index contributed by atoms with van der Waals surface area (Å²) in [5.41, 5.74) is 3.19. The van der Waals surface area contributed by atoms with Gasteiger partial charge < -0.3 is 10.6 Å². The van der Waals surface area contributed by atoms with E-state index in [-0.39, 0.29) is 5.91 Å². The van der Waals surface area contributed by atoms with Crippen LogP contribution in [0.1, 0.15) is 18.1 Å². The van der Waals surface area contributed by atoms with Gasteiger partial charge in [-0.3, -0.25) is 9.48 Å². The minimum Gasteiger partial charge on any atom is -0.381 e. The van der Waals surface area contributed by atoms with E-state index >= 15 is 0 Å². The van der Waals surface area contributed by atoms with Crippen LogP contribution in [0.5, 0.6) is 0 Å². The molecule has 5 heteroatoms. The third-order valence-corrected chi connectivity index (χ3v) is 2.95. The number of amides is 1. The monoisotopic (exact) mass is 272 g/mol. The number of likely N-dealkylation sites (N-methyl/N-ethyl adjacent to an activating group) is 1. The molecule has 0 atom stereocenters. The molecule has 1 amide bonds. The number of anilines is 1. The molecule has 2 rings (SSSR count). The summed E-state index contributed by atoms with van der Waals surface area (Å²) in [4.78, 5) is 11.5. The number of nitrogens with zero attached hydrogens (tertiary/aromatic N) is 2. The predicted octanol–water partition coefficient (Wildman–Crippen LogP) is 1.71. The Morgan fingerprint density at radius 1 is 1.25 bits per heavy atom. The first-order valence-electron chi connectivity index (χ1n) is 6.74. The first-order chi connectivity index (χ1) is 9.67.